The molecule has 0 aliphatic carbocycles. The summed E-state index contributed by atoms with van der Waals surface area (Å²) in [4.78, 5) is 23.8. The minimum absolute atomic E-state index is 0.0134. The van der Waals surface area contributed by atoms with Gasteiger partial charge in [0.25, 0.3) is 15.9 Å². The van der Waals surface area contributed by atoms with E-state index in [1.54, 1.807) is 13.8 Å². The molecule has 9 heteroatoms. The van der Waals surface area contributed by atoms with Gasteiger partial charge in [0.2, 0.25) is 0 Å². The molecular formula is C19H21FN2O5S. The summed E-state index contributed by atoms with van der Waals surface area (Å²) < 4.78 is 45.8. The van der Waals surface area contributed by atoms with Crippen molar-refractivity contribution in [2.75, 3.05) is 11.3 Å². The number of hydrogen-bond acceptors (Lipinski definition) is 5. The van der Waals surface area contributed by atoms with Gasteiger partial charge in [0, 0.05) is 6.04 Å². The standard InChI is InChI=1S/C19H21FN2O5S/c1-12(2)21-18(23)11-27-19(24)15-6-4-5-7-16(15)22-28(25,26)17-9-8-14(20)10-13(17)3/h4-10,12,22H,11H2,1-3H3,(H,21,23). The van der Waals surface area contributed by atoms with Gasteiger partial charge in [0.05, 0.1) is 16.1 Å². The van der Waals surface area contributed by atoms with Crippen LogP contribution in [-0.4, -0.2) is 32.9 Å². The Morgan fingerprint density at radius 2 is 1.82 bits per heavy atom. The van der Waals surface area contributed by atoms with Gasteiger partial charge in [-0.15, -0.1) is 0 Å². The zero-order chi connectivity index (χ0) is 20.9. The van der Waals surface area contributed by atoms with Crippen LogP contribution in [0.5, 0.6) is 0 Å². The molecule has 2 rings (SSSR count). The van der Waals surface area contributed by atoms with E-state index in [-0.39, 0.29) is 27.8 Å². The number of sulfonamides is 1. The summed E-state index contributed by atoms with van der Waals surface area (Å²) >= 11 is 0. The Bertz CT molecular complexity index is 990. The third-order valence-electron chi connectivity index (χ3n) is 3.60. The highest BCUT2D eigenvalue weighted by atomic mass is 32.2. The number of amides is 1. The zero-order valence-corrected chi connectivity index (χ0v) is 16.5. The number of benzene rings is 2. The number of carbonyl (C=O) groups is 2. The molecule has 0 heterocycles. The van der Waals surface area contributed by atoms with Crippen LogP contribution in [0.25, 0.3) is 0 Å². The Labute approximate surface area is 163 Å². The lowest BCUT2D eigenvalue weighted by Gasteiger charge is -2.14. The molecule has 0 aromatic heterocycles. The number of halogens is 1. The molecule has 0 fully saturated rings. The molecule has 7 nitrogen and oxygen atoms in total. The molecular weight excluding hydrogens is 387 g/mol. The van der Waals surface area contributed by atoms with E-state index in [1.807, 2.05) is 0 Å². The Morgan fingerprint density at radius 3 is 2.46 bits per heavy atom. The Balaban J connectivity index is 2.21. The van der Waals surface area contributed by atoms with Crippen molar-refractivity contribution in [3.8, 4) is 0 Å². The van der Waals surface area contributed by atoms with Gasteiger partial charge in [-0.3, -0.25) is 9.52 Å². The molecule has 0 radical (unpaired) electrons. The van der Waals surface area contributed by atoms with Crippen LogP contribution in [0, 0.1) is 12.7 Å². The minimum atomic E-state index is -4.07. The molecule has 150 valence electrons. The number of carbonyl (C=O) groups excluding carboxylic acids is 2. The fourth-order valence-corrected chi connectivity index (χ4v) is 3.74. The van der Waals surface area contributed by atoms with Crippen molar-refractivity contribution in [3.05, 3.63) is 59.4 Å². The number of para-hydroxylation sites is 1. The van der Waals surface area contributed by atoms with Crippen molar-refractivity contribution in [2.24, 2.45) is 0 Å². The predicted octanol–water partition coefficient (Wildman–Crippen LogP) is 2.62. The predicted molar refractivity (Wildman–Crippen MR) is 102 cm³/mol. The summed E-state index contributed by atoms with van der Waals surface area (Å²) in [6.07, 6.45) is 0. The molecule has 2 aromatic carbocycles. The number of anilines is 1. The molecule has 0 saturated heterocycles. The number of hydrogen-bond donors (Lipinski definition) is 2. The van der Waals surface area contributed by atoms with Crippen LogP contribution in [0.4, 0.5) is 10.1 Å². The summed E-state index contributed by atoms with van der Waals surface area (Å²) in [5, 5.41) is 2.58. The van der Waals surface area contributed by atoms with Gasteiger partial charge in [0.15, 0.2) is 6.61 Å². The van der Waals surface area contributed by atoms with Gasteiger partial charge < -0.3 is 10.1 Å². The van der Waals surface area contributed by atoms with Crippen molar-refractivity contribution >= 4 is 27.6 Å². The lowest BCUT2D eigenvalue weighted by Crippen LogP contribution is -2.34. The first kappa shape index (κ1) is 21.4. The van der Waals surface area contributed by atoms with Crippen LogP contribution in [0.2, 0.25) is 0 Å². The lowest BCUT2D eigenvalue weighted by molar-refractivity contribution is -0.124. The van der Waals surface area contributed by atoms with E-state index in [0.29, 0.717) is 0 Å². The van der Waals surface area contributed by atoms with E-state index < -0.39 is 34.3 Å². The molecule has 2 aromatic rings. The van der Waals surface area contributed by atoms with Crippen molar-refractivity contribution in [1.82, 2.24) is 5.32 Å². The van der Waals surface area contributed by atoms with E-state index in [1.165, 1.54) is 31.2 Å². The summed E-state index contributed by atoms with van der Waals surface area (Å²) in [7, 11) is -4.07. The Morgan fingerprint density at radius 1 is 1.14 bits per heavy atom. The van der Waals surface area contributed by atoms with E-state index in [4.69, 9.17) is 4.74 Å². The van der Waals surface area contributed by atoms with Crippen molar-refractivity contribution in [1.29, 1.82) is 0 Å². The number of rotatable bonds is 7. The number of esters is 1. The van der Waals surface area contributed by atoms with Crippen molar-refractivity contribution < 1.29 is 27.1 Å². The van der Waals surface area contributed by atoms with Crippen LogP contribution in [0.15, 0.2) is 47.4 Å². The quantitative estimate of drug-likeness (QED) is 0.686. The van der Waals surface area contributed by atoms with Gasteiger partial charge in [-0.25, -0.2) is 17.6 Å². The highest BCUT2D eigenvalue weighted by Gasteiger charge is 2.21. The van der Waals surface area contributed by atoms with E-state index in [2.05, 4.69) is 10.0 Å². The lowest BCUT2D eigenvalue weighted by atomic mass is 10.2. The third kappa shape index (κ3) is 5.53. The Kier molecular flexibility index (Phi) is 6.74. The monoisotopic (exact) mass is 408 g/mol. The summed E-state index contributed by atoms with van der Waals surface area (Å²) in [6, 6.07) is 9.01. The fourth-order valence-electron chi connectivity index (χ4n) is 2.44. The van der Waals surface area contributed by atoms with E-state index in [0.717, 1.165) is 18.2 Å². The molecule has 0 spiro atoms. The van der Waals surface area contributed by atoms with Crippen LogP contribution in [-0.2, 0) is 19.6 Å². The highest BCUT2D eigenvalue weighted by Crippen LogP contribution is 2.23. The van der Waals surface area contributed by atoms with E-state index in [9.17, 15) is 22.4 Å². The maximum Gasteiger partial charge on any atom is 0.340 e. The topological polar surface area (TPSA) is 102 Å². The molecule has 0 aliphatic rings. The van der Waals surface area contributed by atoms with Crippen molar-refractivity contribution in [3.63, 3.8) is 0 Å². The molecule has 0 bridgehead atoms. The highest BCUT2D eigenvalue weighted by molar-refractivity contribution is 7.92. The zero-order valence-electron chi connectivity index (χ0n) is 15.7. The molecule has 0 unspecified atom stereocenters. The van der Waals surface area contributed by atoms with Gasteiger partial charge in [-0.2, -0.15) is 0 Å². The number of aryl methyl sites for hydroxylation is 1. The van der Waals surface area contributed by atoms with Crippen LogP contribution in [0.1, 0.15) is 29.8 Å². The SMILES string of the molecule is Cc1cc(F)ccc1S(=O)(=O)Nc1ccccc1C(=O)OCC(=O)NC(C)C. The molecule has 2 N–H and O–H groups in total. The maximum atomic E-state index is 13.3. The molecule has 0 aliphatic heterocycles. The number of ether oxygens (including phenoxy) is 1. The van der Waals surface area contributed by atoms with Gasteiger partial charge >= 0.3 is 5.97 Å². The van der Waals surface area contributed by atoms with Crippen molar-refractivity contribution in [2.45, 2.75) is 31.7 Å². The largest absolute Gasteiger partial charge is 0.452 e. The molecule has 28 heavy (non-hydrogen) atoms. The molecule has 1 amide bonds. The number of nitrogens with one attached hydrogen (secondary N) is 2. The first-order valence-corrected chi connectivity index (χ1v) is 9.93. The normalized spacial score (nSPS) is 11.2. The maximum absolute atomic E-state index is 13.3. The van der Waals surface area contributed by atoms with Gasteiger partial charge in [0.1, 0.15) is 5.82 Å². The Hall–Kier alpha value is -2.94. The summed E-state index contributed by atoms with van der Waals surface area (Å²) in [5.41, 5.74) is 0.154. The second kappa shape index (κ2) is 8.83. The smallest absolute Gasteiger partial charge is 0.340 e. The van der Waals surface area contributed by atoms with Crippen LogP contribution >= 0.6 is 0 Å². The summed E-state index contributed by atoms with van der Waals surface area (Å²) in [5.74, 6) is -1.88. The van der Waals surface area contributed by atoms with Gasteiger partial charge in [-0.05, 0) is 56.7 Å². The average molecular weight is 408 g/mol. The molecule has 0 saturated carbocycles. The van der Waals surface area contributed by atoms with Crippen LogP contribution < -0.4 is 10.0 Å². The average Bonchev–Trinajstić information content (AvgIpc) is 2.59. The van der Waals surface area contributed by atoms with E-state index >= 15 is 0 Å². The molecule has 0 atom stereocenters. The second-order valence-electron chi connectivity index (χ2n) is 6.36. The van der Waals surface area contributed by atoms with Gasteiger partial charge in [-0.1, -0.05) is 12.1 Å². The first-order chi connectivity index (χ1) is 13.1. The second-order valence-corrected chi connectivity index (χ2v) is 8.01. The first-order valence-electron chi connectivity index (χ1n) is 8.44. The third-order valence-corrected chi connectivity index (χ3v) is 5.13. The fraction of sp³-hybridized carbons (Fsp3) is 0.263. The minimum Gasteiger partial charge on any atom is -0.452 e. The summed E-state index contributed by atoms with van der Waals surface area (Å²) in [6.45, 7) is 4.50. The van der Waals surface area contributed by atoms with Crippen LogP contribution in [0.3, 0.4) is 0 Å².